The molecule has 286 valence electrons. The van der Waals surface area contributed by atoms with Gasteiger partial charge in [0, 0.05) is 24.5 Å². The number of carboxylic acid groups (broad SMARTS) is 1. The fourth-order valence-electron chi connectivity index (χ4n) is 6.83. The van der Waals surface area contributed by atoms with Gasteiger partial charge in [-0.15, -0.1) is 23.5 Å². The highest BCUT2D eigenvalue weighted by molar-refractivity contribution is 8.21. The standard InChI is InChI=1S/C36H51N5O9S2/c1-4-11-25(30(43)32(45)37-19-27(42)39-29(34(47)48)24-14-9-6-10-15-24)38-31(44)26-18-36(51-16-17-52-36)21-41(26)33(46)28(23-12-7-5-8-13-23)40-35(49)50-20-22(2)3/h6,9-10,14-15,22-23,25-26,28-29H,4-5,7-8,11-13,16-21H2,1-3H3,(H,37,45)(H,38,44)(H,39,42)(H,40,49)(H,47,48). The number of ether oxygens (including phenoxy) is 1. The molecule has 4 atom stereocenters. The van der Waals surface area contributed by atoms with Gasteiger partial charge in [0.05, 0.1) is 23.3 Å². The molecule has 5 amide bonds. The molecule has 3 aliphatic rings. The zero-order chi connectivity index (χ0) is 37.8. The number of aliphatic carboxylic acids is 1. The van der Waals surface area contributed by atoms with Gasteiger partial charge in [0.25, 0.3) is 5.91 Å². The van der Waals surface area contributed by atoms with Gasteiger partial charge in [-0.3, -0.25) is 24.0 Å². The molecule has 1 saturated carbocycles. The number of benzene rings is 1. The first-order chi connectivity index (χ1) is 24.8. The lowest BCUT2D eigenvalue weighted by molar-refractivity contribution is -0.144. The van der Waals surface area contributed by atoms with Gasteiger partial charge in [0.1, 0.15) is 12.1 Å². The van der Waals surface area contributed by atoms with E-state index in [1.165, 1.54) is 4.90 Å². The molecule has 2 heterocycles. The molecular formula is C36H51N5O9S2. The highest BCUT2D eigenvalue weighted by Crippen LogP contribution is 2.52. The van der Waals surface area contributed by atoms with Crippen LogP contribution in [0.5, 0.6) is 0 Å². The van der Waals surface area contributed by atoms with E-state index in [1.807, 2.05) is 13.8 Å². The van der Waals surface area contributed by atoms with Crippen LogP contribution in [0.4, 0.5) is 4.79 Å². The van der Waals surface area contributed by atoms with Gasteiger partial charge >= 0.3 is 12.1 Å². The van der Waals surface area contributed by atoms with Crippen LogP contribution in [0.2, 0.25) is 0 Å². The van der Waals surface area contributed by atoms with Crippen molar-refractivity contribution in [3.63, 3.8) is 0 Å². The number of amides is 5. The molecule has 16 heteroatoms. The van der Waals surface area contributed by atoms with Crippen molar-refractivity contribution in [1.29, 1.82) is 0 Å². The number of carbonyl (C=O) groups excluding carboxylic acids is 6. The average molecular weight is 762 g/mol. The van der Waals surface area contributed by atoms with E-state index in [0.717, 1.165) is 43.6 Å². The van der Waals surface area contributed by atoms with E-state index >= 15 is 0 Å². The van der Waals surface area contributed by atoms with Crippen LogP contribution in [0.15, 0.2) is 30.3 Å². The number of hydrogen-bond acceptors (Lipinski definition) is 10. The second-order valence-electron chi connectivity index (χ2n) is 14.0. The SMILES string of the molecule is CCCC(NC(=O)C1CC2(CN1C(=O)C(NC(=O)OCC(C)C)C1CCCCC1)SCCS2)C(=O)C(=O)NCC(=O)NC(C(=O)O)c1ccccc1. The molecule has 2 aliphatic heterocycles. The van der Waals surface area contributed by atoms with Gasteiger partial charge in [-0.2, -0.15) is 0 Å². The van der Waals surface area contributed by atoms with E-state index in [0.29, 0.717) is 18.4 Å². The lowest BCUT2D eigenvalue weighted by atomic mass is 9.83. The minimum absolute atomic E-state index is 0.111. The number of hydrogen-bond donors (Lipinski definition) is 5. The molecule has 52 heavy (non-hydrogen) atoms. The number of alkyl carbamates (subject to hydrolysis) is 1. The van der Waals surface area contributed by atoms with Crippen LogP contribution in [-0.4, -0.2) is 105 Å². The van der Waals surface area contributed by atoms with Crippen molar-refractivity contribution in [3.05, 3.63) is 35.9 Å². The molecule has 1 aromatic carbocycles. The van der Waals surface area contributed by atoms with Gasteiger partial charge in [0.15, 0.2) is 6.04 Å². The summed E-state index contributed by atoms with van der Waals surface area (Å²) in [6.45, 7) is 5.45. The van der Waals surface area contributed by atoms with Crippen LogP contribution in [0, 0.1) is 11.8 Å². The third kappa shape index (κ3) is 11.1. The average Bonchev–Trinajstić information content (AvgIpc) is 3.77. The number of likely N-dealkylation sites (tertiary alicyclic amines) is 1. The molecule has 2 saturated heterocycles. The van der Waals surface area contributed by atoms with Crippen LogP contribution < -0.4 is 21.3 Å². The molecule has 14 nitrogen and oxygen atoms in total. The summed E-state index contributed by atoms with van der Waals surface area (Å²) in [5, 5.41) is 19.7. The number of rotatable bonds is 16. The Labute approximate surface area is 313 Å². The number of thioether (sulfide) groups is 2. The summed E-state index contributed by atoms with van der Waals surface area (Å²) in [5.74, 6) is -3.43. The predicted octanol–water partition coefficient (Wildman–Crippen LogP) is 3.01. The third-order valence-electron chi connectivity index (χ3n) is 9.43. The number of carboxylic acids is 1. The Morgan fingerprint density at radius 3 is 2.25 bits per heavy atom. The van der Waals surface area contributed by atoms with Crippen molar-refractivity contribution < 1.29 is 43.4 Å². The Bertz CT molecular complexity index is 1450. The lowest BCUT2D eigenvalue weighted by Gasteiger charge is -2.34. The van der Waals surface area contributed by atoms with Crippen LogP contribution in [0.25, 0.3) is 0 Å². The first kappa shape index (κ1) is 41.0. The van der Waals surface area contributed by atoms with E-state index < -0.39 is 70.4 Å². The Morgan fingerprint density at radius 2 is 1.63 bits per heavy atom. The molecule has 1 aliphatic carbocycles. The van der Waals surface area contributed by atoms with Gasteiger partial charge in [-0.25, -0.2) is 9.59 Å². The maximum Gasteiger partial charge on any atom is 0.407 e. The molecule has 0 radical (unpaired) electrons. The number of Topliss-reactive ketones (excluding diaryl/α,β-unsaturated/α-hetero) is 1. The second-order valence-corrected chi connectivity index (χ2v) is 17.2. The molecule has 1 spiro atoms. The predicted molar refractivity (Wildman–Crippen MR) is 197 cm³/mol. The summed E-state index contributed by atoms with van der Waals surface area (Å²) in [6, 6.07) is 3.62. The van der Waals surface area contributed by atoms with Crippen molar-refractivity contribution in [2.45, 2.75) is 100 Å². The Balaban J connectivity index is 1.45. The second kappa shape index (κ2) is 19.3. The van der Waals surface area contributed by atoms with E-state index in [1.54, 1.807) is 60.8 Å². The molecule has 4 rings (SSSR count). The fraction of sp³-hybridized carbons (Fsp3) is 0.639. The molecule has 3 fully saturated rings. The van der Waals surface area contributed by atoms with E-state index in [2.05, 4.69) is 21.3 Å². The van der Waals surface area contributed by atoms with E-state index in [9.17, 15) is 38.7 Å². The Kier molecular flexibility index (Phi) is 15.2. The van der Waals surface area contributed by atoms with Crippen LogP contribution in [-0.2, 0) is 33.5 Å². The fourth-order valence-corrected chi connectivity index (χ4v) is 10.1. The number of nitrogens with zero attached hydrogens (tertiary/aromatic N) is 1. The molecular weight excluding hydrogens is 711 g/mol. The van der Waals surface area contributed by atoms with E-state index in [4.69, 9.17) is 4.74 Å². The Hall–Kier alpha value is -3.79. The number of nitrogens with one attached hydrogen (secondary N) is 4. The molecule has 0 bridgehead atoms. The quantitative estimate of drug-likeness (QED) is 0.155. The third-order valence-corrected chi connectivity index (χ3v) is 12.9. The lowest BCUT2D eigenvalue weighted by Crippen LogP contribution is -2.58. The van der Waals surface area contributed by atoms with E-state index in [-0.39, 0.29) is 37.3 Å². The zero-order valence-corrected chi connectivity index (χ0v) is 31.7. The molecule has 4 unspecified atom stereocenters. The molecule has 5 N–H and O–H groups in total. The summed E-state index contributed by atoms with van der Waals surface area (Å²) < 4.78 is 4.96. The van der Waals surface area contributed by atoms with Crippen molar-refractivity contribution in [2.24, 2.45) is 11.8 Å². The summed E-state index contributed by atoms with van der Waals surface area (Å²) >= 11 is 3.38. The number of carbonyl (C=O) groups is 7. The minimum atomic E-state index is -1.36. The maximum absolute atomic E-state index is 14.4. The summed E-state index contributed by atoms with van der Waals surface area (Å²) in [6.07, 6.45) is 4.63. The van der Waals surface area contributed by atoms with Crippen molar-refractivity contribution in [1.82, 2.24) is 26.2 Å². The summed E-state index contributed by atoms with van der Waals surface area (Å²) in [5.41, 5.74) is 0.332. The topological polar surface area (TPSA) is 200 Å². The van der Waals surface area contributed by atoms with Gasteiger partial charge in [-0.1, -0.05) is 76.8 Å². The van der Waals surface area contributed by atoms with Crippen molar-refractivity contribution in [3.8, 4) is 0 Å². The van der Waals surface area contributed by atoms with Crippen LogP contribution in [0.1, 0.15) is 83.7 Å². The first-order valence-corrected chi connectivity index (χ1v) is 20.0. The van der Waals surface area contributed by atoms with Crippen LogP contribution >= 0.6 is 23.5 Å². The maximum atomic E-state index is 14.4. The highest BCUT2D eigenvalue weighted by atomic mass is 32.2. The number of ketones is 1. The normalized spacial score (nSPS) is 20.1. The van der Waals surface area contributed by atoms with Gasteiger partial charge < -0.3 is 36.0 Å². The zero-order valence-electron chi connectivity index (χ0n) is 30.0. The van der Waals surface area contributed by atoms with Crippen molar-refractivity contribution >= 4 is 65.0 Å². The highest BCUT2D eigenvalue weighted by Gasteiger charge is 2.53. The summed E-state index contributed by atoms with van der Waals surface area (Å²) in [4.78, 5) is 93.6. The van der Waals surface area contributed by atoms with Gasteiger partial charge in [-0.05, 0) is 36.7 Å². The molecule has 0 aromatic heterocycles. The van der Waals surface area contributed by atoms with Crippen molar-refractivity contribution in [2.75, 3.05) is 31.2 Å². The largest absolute Gasteiger partial charge is 0.479 e. The smallest absolute Gasteiger partial charge is 0.407 e. The molecule has 1 aromatic rings. The first-order valence-electron chi connectivity index (χ1n) is 18.0. The minimum Gasteiger partial charge on any atom is -0.479 e. The van der Waals surface area contributed by atoms with Gasteiger partial charge in [0.2, 0.25) is 23.5 Å². The monoisotopic (exact) mass is 761 g/mol. The summed E-state index contributed by atoms with van der Waals surface area (Å²) in [7, 11) is 0. The Morgan fingerprint density at radius 1 is 0.962 bits per heavy atom. The van der Waals surface area contributed by atoms with Crippen LogP contribution in [0.3, 0.4) is 0 Å².